The number of amides is 2. The summed E-state index contributed by atoms with van der Waals surface area (Å²) in [7, 11) is 0. The Balaban J connectivity index is 1.35. The van der Waals surface area contributed by atoms with Gasteiger partial charge in [0.05, 0.1) is 5.56 Å². The zero-order valence-electron chi connectivity index (χ0n) is 19.4. The van der Waals surface area contributed by atoms with E-state index in [1.54, 1.807) is 48.5 Å². The van der Waals surface area contributed by atoms with E-state index in [2.05, 4.69) is 5.32 Å². The molecule has 1 aliphatic rings. The van der Waals surface area contributed by atoms with Crippen LogP contribution < -0.4 is 20.5 Å². The molecule has 0 saturated carbocycles. The lowest BCUT2D eigenvalue weighted by atomic mass is 10.0. The van der Waals surface area contributed by atoms with Crippen molar-refractivity contribution in [3.8, 4) is 11.5 Å². The summed E-state index contributed by atoms with van der Waals surface area (Å²) in [5, 5.41) is 3.22. The molecule has 180 valence electrons. The van der Waals surface area contributed by atoms with Crippen LogP contribution in [0.25, 0.3) is 0 Å². The first kappa shape index (κ1) is 23.3. The number of nitrogens with one attached hydrogen (secondary N) is 1. The highest BCUT2D eigenvalue weighted by Crippen LogP contribution is 2.37. The van der Waals surface area contributed by atoms with Crippen molar-refractivity contribution in [3.63, 3.8) is 0 Å². The van der Waals surface area contributed by atoms with Crippen LogP contribution in [0.5, 0.6) is 11.5 Å². The normalized spacial score (nSPS) is 11.8. The molecule has 3 N–H and O–H groups in total. The Morgan fingerprint density at radius 1 is 0.889 bits per heavy atom. The molecule has 1 aromatic heterocycles. The number of rotatable bonds is 7. The molecule has 2 heterocycles. The third-order valence-corrected chi connectivity index (χ3v) is 7.17. The zero-order valence-corrected chi connectivity index (χ0v) is 20.2. The van der Waals surface area contributed by atoms with Crippen LogP contribution in [-0.4, -0.2) is 24.4 Å². The topological polar surface area (TPSA) is 108 Å². The number of ether oxygens (including phenoxy) is 2. The van der Waals surface area contributed by atoms with Gasteiger partial charge in [-0.2, -0.15) is 0 Å². The van der Waals surface area contributed by atoms with Crippen LogP contribution in [0.4, 0.5) is 5.00 Å². The van der Waals surface area contributed by atoms with Crippen molar-refractivity contribution in [2.24, 2.45) is 5.73 Å². The molecule has 0 bridgehead atoms. The molecule has 8 heteroatoms. The number of carbonyl (C=O) groups excluding carboxylic acids is 3. The van der Waals surface area contributed by atoms with Crippen LogP contribution in [-0.2, 0) is 6.42 Å². The molecule has 0 saturated heterocycles. The Morgan fingerprint density at radius 3 is 2.28 bits per heavy atom. The maximum absolute atomic E-state index is 13.0. The van der Waals surface area contributed by atoms with Crippen molar-refractivity contribution in [2.75, 3.05) is 12.1 Å². The lowest BCUT2D eigenvalue weighted by Crippen LogP contribution is -2.17. The summed E-state index contributed by atoms with van der Waals surface area (Å²) in [4.78, 5) is 38.7. The second-order valence-corrected chi connectivity index (χ2v) is 9.41. The Morgan fingerprint density at radius 2 is 1.56 bits per heavy atom. The fourth-order valence-electron chi connectivity index (χ4n) is 4.05. The Labute approximate surface area is 211 Å². The Kier molecular flexibility index (Phi) is 6.26. The summed E-state index contributed by atoms with van der Waals surface area (Å²) in [6.07, 6.45) is 0.541. The minimum atomic E-state index is -0.611. The van der Waals surface area contributed by atoms with Gasteiger partial charge in [0.1, 0.15) is 5.00 Å². The molecule has 0 aliphatic carbocycles. The summed E-state index contributed by atoms with van der Waals surface area (Å²) < 4.78 is 10.8. The Hall–Kier alpha value is -4.43. The quantitative estimate of drug-likeness (QED) is 0.350. The first-order valence-corrected chi connectivity index (χ1v) is 12.0. The predicted octanol–water partition coefficient (Wildman–Crippen LogP) is 4.96. The summed E-state index contributed by atoms with van der Waals surface area (Å²) in [5.41, 5.74) is 9.08. The third kappa shape index (κ3) is 4.58. The van der Waals surface area contributed by atoms with Crippen molar-refractivity contribution in [3.05, 3.63) is 111 Å². The van der Waals surface area contributed by atoms with Crippen LogP contribution in [0, 0.1) is 6.92 Å². The number of hydrogen-bond donors (Lipinski definition) is 2. The maximum atomic E-state index is 13.0. The number of benzene rings is 3. The lowest BCUT2D eigenvalue weighted by molar-refractivity contribution is 0.0999. The average Bonchev–Trinajstić information content (AvgIpc) is 3.48. The molecule has 2 amide bonds. The Bertz CT molecular complexity index is 1480. The molecule has 0 radical (unpaired) electrons. The molecule has 4 aromatic rings. The van der Waals surface area contributed by atoms with E-state index in [1.807, 2.05) is 31.2 Å². The van der Waals surface area contributed by atoms with Gasteiger partial charge in [-0.05, 0) is 42.3 Å². The summed E-state index contributed by atoms with van der Waals surface area (Å²) >= 11 is 1.31. The van der Waals surface area contributed by atoms with E-state index in [-0.39, 0.29) is 12.6 Å². The van der Waals surface area contributed by atoms with Gasteiger partial charge in [0.15, 0.2) is 17.3 Å². The number of carbonyl (C=O) groups is 3. The number of fused-ring (bicyclic) bond motifs is 1. The van der Waals surface area contributed by atoms with Crippen LogP contribution in [0.1, 0.15) is 52.6 Å². The molecule has 3 aromatic carbocycles. The van der Waals surface area contributed by atoms with E-state index < -0.39 is 11.8 Å². The van der Waals surface area contributed by atoms with Gasteiger partial charge < -0.3 is 20.5 Å². The van der Waals surface area contributed by atoms with Crippen LogP contribution >= 0.6 is 11.3 Å². The van der Waals surface area contributed by atoms with Crippen molar-refractivity contribution in [1.29, 1.82) is 0 Å². The van der Waals surface area contributed by atoms with Crippen LogP contribution in [0.15, 0.2) is 72.8 Å². The molecule has 0 spiro atoms. The van der Waals surface area contributed by atoms with E-state index in [0.717, 1.165) is 16.0 Å². The standard InChI is InChI=1S/C28H22N2O5S/c1-16-23(14-17-7-12-21-22(13-17)35-15-34-21)36-28(24(16)26(29)32)30-27(33)20-10-8-19(9-11-20)25(31)18-5-3-2-4-6-18/h2-13H,14-15H2,1H3,(H2,29,32)(H,30,33). The lowest BCUT2D eigenvalue weighted by Gasteiger charge is -2.06. The van der Waals surface area contributed by atoms with Gasteiger partial charge in [-0.3, -0.25) is 14.4 Å². The van der Waals surface area contributed by atoms with E-state index >= 15 is 0 Å². The summed E-state index contributed by atoms with van der Waals surface area (Å²) in [6, 6.07) is 21.0. The summed E-state index contributed by atoms with van der Waals surface area (Å²) in [5.74, 6) is 0.246. The second-order valence-electron chi connectivity index (χ2n) is 8.31. The molecule has 1 aliphatic heterocycles. The minimum Gasteiger partial charge on any atom is -0.454 e. The van der Waals surface area contributed by atoms with E-state index in [0.29, 0.717) is 45.2 Å². The molecule has 0 atom stereocenters. The molecule has 5 rings (SSSR count). The van der Waals surface area contributed by atoms with Crippen LogP contribution in [0.3, 0.4) is 0 Å². The average molecular weight is 499 g/mol. The second kappa shape index (κ2) is 9.67. The number of nitrogens with two attached hydrogens (primary N) is 1. The predicted molar refractivity (Wildman–Crippen MR) is 137 cm³/mol. The molecule has 0 unspecified atom stereocenters. The third-order valence-electron chi connectivity index (χ3n) is 5.97. The number of anilines is 1. The summed E-state index contributed by atoms with van der Waals surface area (Å²) in [6.45, 7) is 2.01. The van der Waals surface area contributed by atoms with Gasteiger partial charge in [-0.15, -0.1) is 11.3 Å². The van der Waals surface area contributed by atoms with Crippen molar-refractivity contribution in [1.82, 2.24) is 0 Å². The van der Waals surface area contributed by atoms with E-state index in [1.165, 1.54) is 11.3 Å². The van der Waals surface area contributed by atoms with E-state index in [4.69, 9.17) is 15.2 Å². The fraction of sp³-hybridized carbons (Fsp3) is 0.107. The molecule has 0 fully saturated rings. The van der Waals surface area contributed by atoms with Gasteiger partial charge in [0, 0.05) is 28.0 Å². The van der Waals surface area contributed by atoms with Crippen LogP contribution in [0.2, 0.25) is 0 Å². The van der Waals surface area contributed by atoms with Gasteiger partial charge in [-0.1, -0.05) is 48.5 Å². The van der Waals surface area contributed by atoms with Crippen molar-refractivity contribution >= 4 is 33.9 Å². The number of primary amides is 1. The SMILES string of the molecule is Cc1c(Cc2ccc3c(c2)OCO3)sc(NC(=O)c2ccc(C(=O)c3ccccc3)cc2)c1C(N)=O. The highest BCUT2D eigenvalue weighted by Gasteiger charge is 2.22. The number of hydrogen-bond acceptors (Lipinski definition) is 6. The van der Waals surface area contributed by atoms with Gasteiger partial charge in [0.25, 0.3) is 11.8 Å². The maximum Gasteiger partial charge on any atom is 0.256 e. The molecular weight excluding hydrogens is 476 g/mol. The van der Waals surface area contributed by atoms with E-state index in [9.17, 15) is 14.4 Å². The monoisotopic (exact) mass is 498 g/mol. The number of thiophene rings is 1. The number of ketones is 1. The first-order valence-electron chi connectivity index (χ1n) is 11.2. The smallest absolute Gasteiger partial charge is 0.256 e. The van der Waals surface area contributed by atoms with Gasteiger partial charge in [-0.25, -0.2) is 0 Å². The molecule has 7 nitrogen and oxygen atoms in total. The largest absolute Gasteiger partial charge is 0.454 e. The minimum absolute atomic E-state index is 0.124. The van der Waals surface area contributed by atoms with Gasteiger partial charge in [0.2, 0.25) is 6.79 Å². The van der Waals surface area contributed by atoms with Crippen molar-refractivity contribution < 1.29 is 23.9 Å². The molecule has 36 heavy (non-hydrogen) atoms. The fourth-order valence-corrected chi connectivity index (χ4v) is 5.29. The van der Waals surface area contributed by atoms with Gasteiger partial charge >= 0.3 is 0 Å². The molecular formula is C28H22N2O5S. The highest BCUT2D eigenvalue weighted by atomic mass is 32.1. The zero-order chi connectivity index (χ0) is 25.2. The highest BCUT2D eigenvalue weighted by molar-refractivity contribution is 7.17. The van der Waals surface area contributed by atoms with Crippen molar-refractivity contribution in [2.45, 2.75) is 13.3 Å². The first-order chi connectivity index (χ1) is 17.4.